The van der Waals surface area contributed by atoms with E-state index in [1.807, 2.05) is 7.05 Å². The fraction of sp³-hybridized carbons (Fsp3) is 0.385. The van der Waals surface area contributed by atoms with E-state index in [0.29, 0.717) is 31.7 Å². The second kappa shape index (κ2) is 6.33. The second-order valence-electron chi connectivity index (χ2n) is 4.90. The van der Waals surface area contributed by atoms with Gasteiger partial charge in [0.15, 0.2) is 0 Å². The number of nitro benzene ring substituents is 1. The predicted octanol–water partition coefficient (Wildman–Crippen LogP) is 1.14. The molecule has 1 fully saturated rings. The van der Waals surface area contributed by atoms with E-state index in [2.05, 4.69) is 4.90 Å². The van der Waals surface area contributed by atoms with Crippen molar-refractivity contribution in [3.05, 3.63) is 45.4 Å². The summed E-state index contributed by atoms with van der Waals surface area (Å²) in [6, 6.07) is 5.74. The number of likely N-dealkylation sites (N-methyl/N-ethyl adjacent to an activating group) is 1. The van der Waals surface area contributed by atoms with Gasteiger partial charge < -0.3 is 4.90 Å². The Morgan fingerprint density at radius 2 is 1.71 bits per heavy atom. The summed E-state index contributed by atoms with van der Waals surface area (Å²) in [5.41, 5.74) is 0.590. The topological polar surface area (TPSA) is 83.8 Å². The third-order valence-electron chi connectivity index (χ3n) is 3.36. The number of hydrogen-bond donors (Lipinski definition) is 0. The molecule has 1 aromatic rings. The van der Waals surface area contributed by atoms with Crippen molar-refractivity contribution in [2.75, 3.05) is 33.2 Å². The van der Waals surface area contributed by atoms with Gasteiger partial charge in [-0.25, -0.2) is 8.42 Å². The standard InChI is InChI=1S/C13H17N3O4S/c1-14-7-9-15(10-8-14)21(19,20)11-6-12-2-4-13(5-3-12)16(17)18/h2-6,11H,7-10H2,1H3/b11-6+. The molecule has 0 atom stereocenters. The molecule has 21 heavy (non-hydrogen) atoms. The smallest absolute Gasteiger partial charge is 0.269 e. The Kier molecular flexibility index (Phi) is 4.71. The van der Waals surface area contributed by atoms with E-state index in [9.17, 15) is 18.5 Å². The number of rotatable bonds is 4. The van der Waals surface area contributed by atoms with Crippen LogP contribution < -0.4 is 0 Å². The predicted molar refractivity (Wildman–Crippen MR) is 80.1 cm³/mol. The van der Waals surface area contributed by atoms with Gasteiger partial charge in [0, 0.05) is 43.7 Å². The van der Waals surface area contributed by atoms with E-state index in [1.165, 1.54) is 34.6 Å². The number of benzene rings is 1. The molecule has 0 aliphatic carbocycles. The molecule has 8 heteroatoms. The SMILES string of the molecule is CN1CCN(S(=O)(=O)/C=C/c2ccc([N+](=O)[O-])cc2)CC1. The second-order valence-corrected chi connectivity index (χ2v) is 6.72. The Morgan fingerprint density at radius 1 is 1.14 bits per heavy atom. The Balaban J connectivity index is 2.07. The van der Waals surface area contributed by atoms with Crippen molar-refractivity contribution in [3.63, 3.8) is 0 Å². The van der Waals surface area contributed by atoms with Crippen LogP contribution in [-0.2, 0) is 10.0 Å². The molecule has 1 aliphatic heterocycles. The van der Waals surface area contributed by atoms with Gasteiger partial charge in [-0.15, -0.1) is 0 Å². The van der Waals surface area contributed by atoms with Crippen molar-refractivity contribution >= 4 is 21.8 Å². The van der Waals surface area contributed by atoms with Crippen molar-refractivity contribution in [1.82, 2.24) is 9.21 Å². The van der Waals surface area contributed by atoms with E-state index >= 15 is 0 Å². The molecule has 114 valence electrons. The van der Waals surface area contributed by atoms with Gasteiger partial charge >= 0.3 is 0 Å². The largest absolute Gasteiger partial charge is 0.304 e. The molecule has 0 spiro atoms. The summed E-state index contributed by atoms with van der Waals surface area (Å²) in [6.07, 6.45) is 1.46. The zero-order valence-corrected chi connectivity index (χ0v) is 12.5. The first kappa shape index (κ1) is 15.6. The Hall–Kier alpha value is -1.77. The molecular formula is C13H17N3O4S. The van der Waals surface area contributed by atoms with Crippen molar-refractivity contribution < 1.29 is 13.3 Å². The lowest BCUT2D eigenvalue weighted by atomic mass is 10.2. The first-order chi connectivity index (χ1) is 9.88. The number of piperazine rings is 1. The fourth-order valence-electron chi connectivity index (χ4n) is 2.00. The molecule has 1 heterocycles. The maximum Gasteiger partial charge on any atom is 0.269 e. The van der Waals surface area contributed by atoms with Crippen molar-refractivity contribution in [3.8, 4) is 0 Å². The van der Waals surface area contributed by atoms with E-state index in [4.69, 9.17) is 0 Å². The molecule has 0 N–H and O–H groups in total. The molecular weight excluding hydrogens is 294 g/mol. The monoisotopic (exact) mass is 311 g/mol. The van der Waals surface area contributed by atoms with E-state index in [0.717, 1.165) is 5.41 Å². The van der Waals surface area contributed by atoms with Gasteiger partial charge in [0.25, 0.3) is 5.69 Å². The normalized spacial score (nSPS) is 18.1. The summed E-state index contributed by atoms with van der Waals surface area (Å²) >= 11 is 0. The molecule has 0 unspecified atom stereocenters. The summed E-state index contributed by atoms with van der Waals surface area (Å²) in [5.74, 6) is 0. The zero-order chi connectivity index (χ0) is 15.5. The molecule has 1 aliphatic rings. The lowest BCUT2D eigenvalue weighted by Gasteiger charge is -2.30. The lowest BCUT2D eigenvalue weighted by Crippen LogP contribution is -2.46. The first-order valence-electron chi connectivity index (χ1n) is 6.50. The van der Waals surface area contributed by atoms with Crippen LogP contribution in [0.1, 0.15) is 5.56 Å². The van der Waals surface area contributed by atoms with Crippen LogP contribution in [0.4, 0.5) is 5.69 Å². The average Bonchev–Trinajstić information content (AvgIpc) is 2.46. The van der Waals surface area contributed by atoms with Crippen LogP contribution in [0, 0.1) is 10.1 Å². The van der Waals surface area contributed by atoms with Gasteiger partial charge in [0.2, 0.25) is 10.0 Å². The van der Waals surface area contributed by atoms with Crippen LogP contribution in [0.25, 0.3) is 6.08 Å². The highest BCUT2D eigenvalue weighted by molar-refractivity contribution is 7.92. The van der Waals surface area contributed by atoms with Gasteiger partial charge in [-0.1, -0.05) is 0 Å². The van der Waals surface area contributed by atoms with Crippen LogP contribution in [0.5, 0.6) is 0 Å². The number of sulfonamides is 1. The number of nitrogens with zero attached hydrogens (tertiary/aromatic N) is 3. The molecule has 0 aromatic heterocycles. The van der Waals surface area contributed by atoms with Gasteiger partial charge in [0.05, 0.1) is 4.92 Å². The molecule has 7 nitrogen and oxygen atoms in total. The molecule has 0 amide bonds. The maximum absolute atomic E-state index is 12.2. The summed E-state index contributed by atoms with van der Waals surface area (Å²) in [4.78, 5) is 12.1. The Bertz CT molecular complexity index is 632. The summed E-state index contributed by atoms with van der Waals surface area (Å²) in [7, 11) is -1.48. The van der Waals surface area contributed by atoms with Crippen LogP contribution in [-0.4, -0.2) is 55.8 Å². The lowest BCUT2D eigenvalue weighted by molar-refractivity contribution is -0.384. The highest BCUT2D eigenvalue weighted by Gasteiger charge is 2.23. The zero-order valence-electron chi connectivity index (χ0n) is 11.7. The highest BCUT2D eigenvalue weighted by Crippen LogP contribution is 2.14. The van der Waals surface area contributed by atoms with Crippen molar-refractivity contribution in [1.29, 1.82) is 0 Å². The highest BCUT2D eigenvalue weighted by atomic mass is 32.2. The summed E-state index contributed by atoms with van der Waals surface area (Å²) in [5, 5.41) is 11.7. The van der Waals surface area contributed by atoms with Crippen LogP contribution >= 0.6 is 0 Å². The molecule has 0 saturated carbocycles. The molecule has 0 radical (unpaired) electrons. The number of hydrogen-bond acceptors (Lipinski definition) is 5. The minimum Gasteiger partial charge on any atom is -0.304 e. The summed E-state index contributed by atoms with van der Waals surface area (Å²) in [6.45, 7) is 2.38. The molecule has 1 saturated heterocycles. The molecule has 2 rings (SSSR count). The van der Waals surface area contributed by atoms with Crippen LogP contribution in [0.15, 0.2) is 29.7 Å². The fourth-order valence-corrected chi connectivity index (χ4v) is 3.17. The van der Waals surface area contributed by atoms with Gasteiger partial charge in [-0.2, -0.15) is 4.31 Å². The van der Waals surface area contributed by atoms with E-state index in [1.54, 1.807) is 0 Å². The average molecular weight is 311 g/mol. The number of nitro groups is 1. The van der Waals surface area contributed by atoms with Crippen LogP contribution in [0.3, 0.4) is 0 Å². The first-order valence-corrected chi connectivity index (χ1v) is 8.00. The van der Waals surface area contributed by atoms with E-state index < -0.39 is 14.9 Å². The van der Waals surface area contributed by atoms with Gasteiger partial charge in [-0.3, -0.25) is 10.1 Å². The van der Waals surface area contributed by atoms with Gasteiger partial charge in [0.1, 0.15) is 0 Å². The third-order valence-corrected chi connectivity index (χ3v) is 4.92. The minimum atomic E-state index is -3.44. The maximum atomic E-state index is 12.2. The van der Waals surface area contributed by atoms with Gasteiger partial charge in [-0.05, 0) is 30.8 Å². The van der Waals surface area contributed by atoms with Crippen molar-refractivity contribution in [2.45, 2.75) is 0 Å². The molecule has 1 aromatic carbocycles. The Morgan fingerprint density at radius 3 is 2.24 bits per heavy atom. The third kappa shape index (κ3) is 4.10. The van der Waals surface area contributed by atoms with Crippen LogP contribution in [0.2, 0.25) is 0 Å². The number of non-ortho nitro benzene ring substituents is 1. The molecule has 0 bridgehead atoms. The summed E-state index contributed by atoms with van der Waals surface area (Å²) < 4.78 is 25.7. The quantitative estimate of drug-likeness (QED) is 0.615. The van der Waals surface area contributed by atoms with E-state index in [-0.39, 0.29) is 5.69 Å². The van der Waals surface area contributed by atoms with Crippen molar-refractivity contribution in [2.24, 2.45) is 0 Å². The Labute approximate surface area is 123 Å². The minimum absolute atomic E-state index is 0.0194.